The number of nitrogens with one attached hydrogen (secondary N) is 2. The first kappa shape index (κ1) is 26.3. The SMILES string of the molecule is Cc1ccc(CNC(=O)COC(=O)c2ccc(OCC(=O)Nc3cccc(C(F)(F)F)c3)cc2)cc1. The highest BCUT2D eigenvalue weighted by Crippen LogP contribution is 2.30. The Kier molecular flexibility index (Phi) is 8.66. The number of aryl methyl sites for hydroxylation is 1. The number of hydrogen-bond donors (Lipinski definition) is 2. The number of ether oxygens (including phenoxy) is 2. The lowest BCUT2D eigenvalue weighted by Gasteiger charge is -2.11. The van der Waals surface area contributed by atoms with Crippen LogP contribution in [0.5, 0.6) is 5.75 Å². The minimum Gasteiger partial charge on any atom is -0.484 e. The van der Waals surface area contributed by atoms with Crippen molar-refractivity contribution < 1.29 is 37.0 Å². The molecule has 188 valence electrons. The Morgan fingerprint density at radius 2 is 1.56 bits per heavy atom. The van der Waals surface area contributed by atoms with Gasteiger partial charge in [0.2, 0.25) is 0 Å². The zero-order chi connectivity index (χ0) is 26.1. The van der Waals surface area contributed by atoms with Crippen molar-refractivity contribution in [3.05, 3.63) is 95.1 Å². The summed E-state index contributed by atoms with van der Waals surface area (Å²) < 4.78 is 48.6. The molecule has 0 atom stereocenters. The molecule has 0 bridgehead atoms. The number of esters is 1. The number of hydrogen-bond acceptors (Lipinski definition) is 5. The molecule has 0 saturated carbocycles. The number of halogens is 3. The summed E-state index contributed by atoms with van der Waals surface area (Å²) in [6.07, 6.45) is -4.52. The Bertz CT molecular complexity index is 1210. The summed E-state index contributed by atoms with van der Waals surface area (Å²) in [5.41, 5.74) is 1.29. The molecule has 3 aromatic carbocycles. The van der Waals surface area contributed by atoms with Crippen molar-refractivity contribution in [1.82, 2.24) is 5.32 Å². The van der Waals surface area contributed by atoms with E-state index in [0.29, 0.717) is 6.54 Å². The van der Waals surface area contributed by atoms with Crippen LogP contribution in [0.25, 0.3) is 0 Å². The van der Waals surface area contributed by atoms with Crippen molar-refractivity contribution in [2.75, 3.05) is 18.5 Å². The van der Waals surface area contributed by atoms with Crippen LogP contribution in [-0.2, 0) is 27.0 Å². The zero-order valence-corrected chi connectivity index (χ0v) is 19.2. The van der Waals surface area contributed by atoms with Gasteiger partial charge >= 0.3 is 12.1 Å². The van der Waals surface area contributed by atoms with E-state index < -0.39 is 42.7 Å². The predicted molar refractivity (Wildman–Crippen MR) is 125 cm³/mol. The second-order valence-corrected chi connectivity index (χ2v) is 7.78. The quantitative estimate of drug-likeness (QED) is 0.422. The van der Waals surface area contributed by atoms with E-state index in [0.717, 1.165) is 23.3 Å². The summed E-state index contributed by atoms with van der Waals surface area (Å²) >= 11 is 0. The second kappa shape index (κ2) is 11.9. The molecule has 36 heavy (non-hydrogen) atoms. The van der Waals surface area contributed by atoms with Crippen molar-refractivity contribution in [2.24, 2.45) is 0 Å². The van der Waals surface area contributed by atoms with Crippen LogP contribution in [0.4, 0.5) is 18.9 Å². The minimum atomic E-state index is -4.52. The molecule has 3 rings (SSSR count). The molecule has 2 N–H and O–H groups in total. The van der Waals surface area contributed by atoms with Crippen LogP contribution < -0.4 is 15.4 Å². The molecule has 0 fully saturated rings. The Morgan fingerprint density at radius 1 is 0.861 bits per heavy atom. The van der Waals surface area contributed by atoms with Crippen LogP contribution in [-0.4, -0.2) is 31.0 Å². The van der Waals surface area contributed by atoms with Gasteiger partial charge in [-0.1, -0.05) is 35.9 Å². The van der Waals surface area contributed by atoms with Gasteiger partial charge in [-0.15, -0.1) is 0 Å². The molecular formula is C26H23F3N2O5. The van der Waals surface area contributed by atoms with Gasteiger partial charge in [0, 0.05) is 12.2 Å². The first-order chi connectivity index (χ1) is 17.1. The third kappa shape index (κ3) is 8.15. The highest BCUT2D eigenvalue weighted by Gasteiger charge is 2.30. The number of amides is 2. The zero-order valence-electron chi connectivity index (χ0n) is 19.2. The van der Waals surface area contributed by atoms with Gasteiger partial charge in [-0.2, -0.15) is 13.2 Å². The summed E-state index contributed by atoms with van der Waals surface area (Å²) in [4.78, 5) is 36.1. The van der Waals surface area contributed by atoms with E-state index in [1.807, 2.05) is 31.2 Å². The van der Waals surface area contributed by atoms with Crippen molar-refractivity contribution >= 4 is 23.5 Å². The van der Waals surface area contributed by atoms with Gasteiger partial charge in [-0.25, -0.2) is 4.79 Å². The van der Waals surface area contributed by atoms with E-state index in [4.69, 9.17) is 9.47 Å². The van der Waals surface area contributed by atoms with Crippen LogP contribution in [0.1, 0.15) is 27.0 Å². The number of benzene rings is 3. The summed E-state index contributed by atoms with van der Waals surface area (Å²) in [6, 6.07) is 17.5. The molecule has 0 aliphatic rings. The molecular weight excluding hydrogens is 477 g/mol. The molecule has 3 aromatic rings. The van der Waals surface area contributed by atoms with Gasteiger partial charge in [0.25, 0.3) is 11.8 Å². The average Bonchev–Trinajstić information content (AvgIpc) is 2.85. The van der Waals surface area contributed by atoms with Crippen LogP contribution >= 0.6 is 0 Å². The number of alkyl halides is 3. The lowest BCUT2D eigenvalue weighted by molar-refractivity contribution is -0.137. The van der Waals surface area contributed by atoms with Gasteiger partial charge in [0.15, 0.2) is 13.2 Å². The Balaban J connectivity index is 1.41. The number of anilines is 1. The molecule has 0 aliphatic heterocycles. The van der Waals surface area contributed by atoms with Gasteiger partial charge in [0.05, 0.1) is 11.1 Å². The lowest BCUT2D eigenvalue weighted by atomic mass is 10.1. The number of carbonyl (C=O) groups is 3. The first-order valence-corrected chi connectivity index (χ1v) is 10.8. The molecule has 0 unspecified atom stereocenters. The Hall–Kier alpha value is -4.34. The van der Waals surface area contributed by atoms with E-state index in [1.165, 1.54) is 36.4 Å². The summed E-state index contributed by atoms with van der Waals surface area (Å²) in [6.45, 7) is 1.37. The van der Waals surface area contributed by atoms with Crippen LogP contribution in [0, 0.1) is 6.92 Å². The van der Waals surface area contributed by atoms with Gasteiger partial charge in [-0.05, 0) is 55.0 Å². The molecule has 0 radical (unpaired) electrons. The molecule has 0 saturated heterocycles. The second-order valence-electron chi connectivity index (χ2n) is 7.78. The van der Waals surface area contributed by atoms with Crippen molar-refractivity contribution in [2.45, 2.75) is 19.6 Å². The van der Waals surface area contributed by atoms with E-state index in [1.54, 1.807) is 0 Å². The molecule has 0 aromatic heterocycles. The highest BCUT2D eigenvalue weighted by atomic mass is 19.4. The number of carbonyl (C=O) groups excluding carboxylic acids is 3. The van der Waals surface area contributed by atoms with Gasteiger partial charge in [-0.3, -0.25) is 9.59 Å². The van der Waals surface area contributed by atoms with E-state index in [2.05, 4.69) is 10.6 Å². The van der Waals surface area contributed by atoms with Crippen molar-refractivity contribution in [3.63, 3.8) is 0 Å². The predicted octanol–water partition coefficient (Wildman–Crippen LogP) is 4.50. The van der Waals surface area contributed by atoms with Crippen molar-refractivity contribution in [1.29, 1.82) is 0 Å². The lowest BCUT2D eigenvalue weighted by Crippen LogP contribution is -2.28. The van der Waals surface area contributed by atoms with E-state index in [-0.39, 0.29) is 17.0 Å². The fraction of sp³-hybridized carbons (Fsp3) is 0.192. The Morgan fingerprint density at radius 3 is 2.22 bits per heavy atom. The van der Waals surface area contributed by atoms with E-state index >= 15 is 0 Å². The molecule has 0 spiro atoms. The fourth-order valence-electron chi connectivity index (χ4n) is 2.98. The average molecular weight is 500 g/mol. The minimum absolute atomic E-state index is 0.0144. The molecule has 2 amide bonds. The maximum absolute atomic E-state index is 12.8. The first-order valence-electron chi connectivity index (χ1n) is 10.8. The van der Waals surface area contributed by atoms with Crippen LogP contribution in [0.2, 0.25) is 0 Å². The topological polar surface area (TPSA) is 93.7 Å². The third-order valence-electron chi connectivity index (χ3n) is 4.88. The fourth-order valence-corrected chi connectivity index (χ4v) is 2.98. The van der Waals surface area contributed by atoms with Gasteiger partial charge < -0.3 is 20.1 Å². The van der Waals surface area contributed by atoms with Gasteiger partial charge in [0.1, 0.15) is 5.75 Å². The van der Waals surface area contributed by atoms with E-state index in [9.17, 15) is 27.6 Å². The molecule has 0 heterocycles. The summed E-state index contributed by atoms with van der Waals surface area (Å²) in [5, 5.41) is 4.99. The maximum atomic E-state index is 12.8. The molecule has 10 heteroatoms. The molecule has 7 nitrogen and oxygen atoms in total. The third-order valence-corrected chi connectivity index (χ3v) is 4.88. The largest absolute Gasteiger partial charge is 0.484 e. The normalized spacial score (nSPS) is 10.9. The summed E-state index contributed by atoms with van der Waals surface area (Å²) in [7, 11) is 0. The number of rotatable bonds is 9. The van der Waals surface area contributed by atoms with Crippen LogP contribution in [0.15, 0.2) is 72.8 Å². The van der Waals surface area contributed by atoms with Crippen LogP contribution in [0.3, 0.4) is 0 Å². The Labute approximate surface area is 205 Å². The highest BCUT2D eigenvalue weighted by molar-refractivity contribution is 5.92. The maximum Gasteiger partial charge on any atom is 0.416 e. The van der Waals surface area contributed by atoms with Crippen molar-refractivity contribution in [3.8, 4) is 5.75 Å². The smallest absolute Gasteiger partial charge is 0.416 e. The standard InChI is InChI=1S/C26H23F3N2O5/c1-17-5-7-18(8-6-17)14-30-23(32)15-36-25(34)19-9-11-22(12-10-19)35-16-24(33)31-21-4-2-3-20(13-21)26(27,28)29/h2-13H,14-16H2,1H3,(H,30,32)(H,31,33). The monoisotopic (exact) mass is 500 g/mol. The molecule has 0 aliphatic carbocycles. The summed E-state index contributed by atoms with van der Waals surface area (Å²) in [5.74, 6) is -1.57.